The molecule has 0 fully saturated rings. The number of carbonyl (C=O) groups is 1. The van der Waals surface area contributed by atoms with E-state index in [4.69, 9.17) is 9.47 Å². The molecular weight excluding hydrogens is 330 g/mol. The monoisotopic (exact) mass is 351 g/mol. The Balaban J connectivity index is 1.34. The van der Waals surface area contributed by atoms with Crippen LogP contribution in [0.25, 0.3) is 11.0 Å². The van der Waals surface area contributed by atoms with E-state index < -0.39 is 0 Å². The lowest BCUT2D eigenvalue weighted by Crippen LogP contribution is -2.27. The number of carbonyl (C=O) groups excluding carboxylic acids is 1. The Hall–Kier alpha value is -3.02. The number of para-hydroxylation sites is 2. The highest BCUT2D eigenvalue weighted by Crippen LogP contribution is 2.31. The number of rotatable bonds is 5. The summed E-state index contributed by atoms with van der Waals surface area (Å²) in [6.07, 6.45) is 1.06. The lowest BCUT2D eigenvalue weighted by molar-refractivity contribution is -0.121. The molecule has 1 amide bonds. The van der Waals surface area contributed by atoms with Gasteiger partial charge in [0.15, 0.2) is 11.5 Å². The van der Waals surface area contributed by atoms with E-state index in [9.17, 15) is 4.79 Å². The lowest BCUT2D eigenvalue weighted by Gasteiger charge is -2.19. The average molecular weight is 351 g/mol. The first-order valence-electron chi connectivity index (χ1n) is 8.81. The van der Waals surface area contributed by atoms with Crippen LogP contribution >= 0.6 is 0 Å². The number of aromatic amines is 1. The number of nitrogens with zero attached hydrogens (tertiary/aromatic N) is 1. The van der Waals surface area contributed by atoms with E-state index in [1.807, 2.05) is 49.4 Å². The van der Waals surface area contributed by atoms with Crippen LogP contribution in [0.5, 0.6) is 11.5 Å². The van der Waals surface area contributed by atoms with Crippen molar-refractivity contribution in [3.05, 3.63) is 53.9 Å². The van der Waals surface area contributed by atoms with Gasteiger partial charge in [-0.3, -0.25) is 4.79 Å². The SMILES string of the molecule is C[C@H](NC(=O)CCc1ccc2c(c1)OCCO2)c1nc2ccccc2[nH]1. The minimum Gasteiger partial charge on any atom is -0.486 e. The number of hydrogen-bond donors (Lipinski definition) is 2. The van der Waals surface area contributed by atoms with Gasteiger partial charge in [0.05, 0.1) is 17.1 Å². The summed E-state index contributed by atoms with van der Waals surface area (Å²) in [5.74, 6) is 2.28. The van der Waals surface area contributed by atoms with Crippen molar-refractivity contribution in [1.29, 1.82) is 0 Å². The van der Waals surface area contributed by atoms with Gasteiger partial charge in [0.2, 0.25) is 5.91 Å². The number of ether oxygens (including phenoxy) is 2. The van der Waals surface area contributed by atoms with Crippen LogP contribution in [0.15, 0.2) is 42.5 Å². The molecule has 1 aliphatic rings. The van der Waals surface area contributed by atoms with Crippen molar-refractivity contribution >= 4 is 16.9 Å². The third-order valence-corrected chi connectivity index (χ3v) is 4.44. The van der Waals surface area contributed by atoms with Crippen molar-refractivity contribution in [3.63, 3.8) is 0 Å². The van der Waals surface area contributed by atoms with Gasteiger partial charge >= 0.3 is 0 Å². The second-order valence-corrected chi connectivity index (χ2v) is 6.41. The molecule has 1 aliphatic heterocycles. The van der Waals surface area contributed by atoms with Crippen molar-refractivity contribution in [2.24, 2.45) is 0 Å². The summed E-state index contributed by atoms with van der Waals surface area (Å²) in [4.78, 5) is 20.1. The number of fused-ring (bicyclic) bond motifs is 2. The molecule has 6 heteroatoms. The second kappa shape index (κ2) is 7.07. The van der Waals surface area contributed by atoms with Gasteiger partial charge in [-0.25, -0.2) is 4.98 Å². The van der Waals surface area contributed by atoms with E-state index in [0.717, 1.165) is 33.9 Å². The summed E-state index contributed by atoms with van der Waals surface area (Å²) in [6, 6.07) is 13.5. The minimum absolute atomic E-state index is 0.00662. The largest absolute Gasteiger partial charge is 0.486 e. The number of imidazole rings is 1. The molecule has 0 aliphatic carbocycles. The van der Waals surface area contributed by atoms with Gasteiger partial charge in [0.1, 0.15) is 19.0 Å². The smallest absolute Gasteiger partial charge is 0.220 e. The van der Waals surface area contributed by atoms with Crippen LogP contribution in [0.1, 0.15) is 30.8 Å². The van der Waals surface area contributed by atoms with Crippen LogP contribution in [-0.4, -0.2) is 29.1 Å². The van der Waals surface area contributed by atoms with Crippen molar-refractivity contribution in [3.8, 4) is 11.5 Å². The molecule has 0 bridgehead atoms. The maximum atomic E-state index is 12.3. The molecule has 26 heavy (non-hydrogen) atoms. The Morgan fingerprint density at radius 1 is 1.19 bits per heavy atom. The molecule has 3 aromatic rings. The quantitative estimate of drug-likeness (QED) is 0.740. The normalized spacial score (nSPS) is 14.2. The van der Waals surface area contributed by atoms with Gasteiger partial charge in [-0.2, -0.15) is 0 Å². The molecule has 0 radical (unpaired) electrons. The molecule has 0 saturated carbocycles. The summed E-state index contributed by atoms with van der Waals surface area (Å²) in [6.45, 7) is 3.07. The Labute approximate surface area is 151 Å². The third-order valence-electron chi connectivity index (χ3n) is 4.44. The van der Waals surface area contributed by atoms with Gasteiger partial charge < -0.3 is 19.8 Å². The standard InChI is InChI=1S/C20H21N3O3/c1-13(20-22-15-4-2-3-5-16(15)23-20)21-19(24)9-7-14-6-8-17-18(12-14)26-11-10-25-17/h2-6,8,12-13H,7,9-11H2,1H3,(H,21,24)(H,22,23)/t13-/m0/s1. The predicted octanol–water partition coefficient (Wildman–Crippen LogP) is 3.14. The molecule has 4 rings (SSSR count). The Morgan fingerprint density at radius 2 is 2.00 bits per heavy atom. The van der Waals surface area contributed by atoms with Gasteiger partial charge in [-0.05, 0) is 43.2 Å². The average Bonchev–Trinajstić information content (AvgIpc) is 3.10. The number of H-pyrrole nitrogens is 1. The molecular formula is C20H21N3O3. The molecule has 2 heterocycles. The molecule has 1 aromatic heterocycles. The number of aryl methyl sites for hydroxylation is 1. The zero-order chi connectivity index (χ0) is 17.9. The van der Waals surface area contributed by atoms with E-state index in [1.165, 1.54) is 0 Å². The fraction of sp³-hybridized carbons (Fsp3) is 0.300. The topological polar surface area (TPSA) is 76.2 Å². The van der Waals surface area contributed by atoms with Gasteiger partial charge in [-0.1, -0.05) is 18.2 Å². The molecule has 0 unspecified atom stereocenters. The van der Waals surface area contributed by atoms with Crippen molar-refractivity contribution in [1.82, 2.24) is 15.3 Å². The van der Waals surface area contributed by atoms with Crippen LogP contribution in [-0.2, 0) is 11.2 Å². The molecule has 2 N–H and O–H groups in total. The van der Waals surface area contributed by atoms with Crippen LogP contribution in [0, 0.1) is 0 Å². The summed E-state index contributed by atoms with van der Waals surface area (Å²) in [7, 11) is 0. The molecule has 2 aromatic carbocycles. The van der Waals surface area contributed by atoms with Crippen LogP contribution < -0.4 is 14.8 Å². The van der Waals surface area contributed by atoms with E-state index in [2.05, 4.69) is 15.3 Å². The van der Waals surface area contributed by atoms with Crippen LogP contribution in [0.3, 0.4) is 0 Å². The molecule has 0 saturated heterocycles. The summed E-state index contributed by atoms with van der Waals surface area (Å²) in [5.41, 5.74) is 2.93. The fourth-order valence-electron chi connectivity index (χ4n) is 3.06. The maximum absolute atomic E-state index is 12.3. The Morgan fingerprint density at radius 3 is 2.85 bits per heavy atom. The van der Waals surface area contributed by atoms with Crippen molar-refractivity contribution < 1.29 is 14.3 Å². The van der Waals surface area contributed by atoms with Crippen LogP contribution in [0.2, 0.25) is 0 Å². The Kier molecular flexibility index (Phi) is 4.48. The third kappa shape index (κ3) is 3.49. The maximum Gasteiger partial charge on any atom is 0.220 e. The zero-order valence-corrected chi connectivity index (χ0v) is 14.6. The van der Waals surface area contributed by atoms with Gasteiger partial charge in [-0.15, -0.1) is 0 Å². The molecule has 0 spiro atoms. The fourth-order valence-corrected chi connectivity index (χ4v) is 3.06. The van der Waals surface area contributed by atoms with E-state index in [0.29, 0.717) is 26.1 Å². The lowest BCUT2D eigenvalue weighted by atomic mass is 10.1. The van der Waals surface area contributed by atoms with Crippen LogP contribution in [0.4, 0.5) is 0 Å². The van der Waals surface area contributed by atoms with Gasteiger partial charge in [0.25, 0.3) is 0 Å². The highest BCUT2D eigenvalue weighted by Gasteiger charge is 2.15. The Bertz CT molecular complexity index is 902. The van der Waals surface area contributed by atoms with Crippen molar-refractivity contribution in [2.45, 2.75) is 25.8 Å². The van der Waals surface area contributed by atoms with Gasteiger partial charge in [0, 0.05) is 6.42 Å². The first kappa shape index (κ1) is 16.4. The summed E-state index contributed by atoms with van der Waals surface area (Å²) in [5, 5.41) is 3.00. The zero-order valence-electron chi connectivity index (χ0n) is 14.6. The highest BCUT2D eigenvalue weighted by atomic mass is 16.6. The van der Waals surface area contributed by atoms with E-state index in [-0.39, 0.29) is 11.9 Å². The number of amides is 1. The second-order valence-electron chi connectivity index (χ2n) is 6.41. The van der Waals surface area contributed by atoms with Crippen molar-refractivity contribution in [2.75, 3.05) is 13.2 Å². The number of nitrogens with one attached hydrogen (secondary N) is 2. The molecule has 134 valence electrons. The summed E-state index contributed by atoms with van der Waals surface area (Å²) < 4.78 is 11.1. The number of aromatic nitrogens is 2. The first-order chi connectivity index (χ1) is 12.7. The number of hydrogen-bond acceptors (Lipinski definition) is 4. The first-order valence-corrected chi connectivity index (χ1v) is 8.81. The predicted molar refractivity (Wildman–Crippen MR) is 98.4 cm³/mol. The minimum atomic E-state index is -0.171. The molecule has 1 atom stereocenters. The molecule has 6 nitrogen and oxygen atoms in total. The van der Waals surface area contributed by atoms with E-state index >= 15 is 0 Å². The highest BCUT2D eigenvalue weighted by molar-refractivity contribution is 5.77. The van der Waals surface area contributed by atoms with E-state index in [1.54, 1.807) is 0 Å². The number of benzene rings is 2. The summed E-state index contributed by atoms with van der Waals surface area (Å²) >= 11 is 0.